The summed E-state index contributed by atoms with van der Waals surface area (Å²) in [7, 11) is 2.18. The molecule has 3 N–H and O–H groups in total. The van der Waals surface area contributed by atoms with Crippen molar-refractivity contribution in [1.29, 1.82) is 0 Å². The number of carbonyl (C=O) groups excluding carboxylic acids is 1. The molecule has 0 aromatic carbocycles. The van der Waals surface area contributed by atoms with Crippen LogP contribution in [0.3, 0.4) is 0 Å². The Hall–Kier alpha value is -0.610. The molecule has 116 valence electrons. The van der Waals surface area contributed by atoms with Crippen LogP contribution in [0.15, 0.2) is 0 Å². The van der Waals surface area contributed by atoms with Crippen molar-refractivity contribution in [3.8, 4) is 0 Å². The Balaban J connectivity index is 1.73. The molecule has 0 heterocycles. The van der Waals surface area contributed by atoms with E-state index < -0.39 is 0 Å². The number of carbonyl (C=O) groups is 1. The van der Waals surface area contributed by atoms with E-state index in [-0.39, 0.29) is 11.3 Å². The van der Waals surface area contributed by atoms with E-state index in [0.29, 0.717) is 6.54 Å². The van der Waals surface area contributed by atoms with Gasteiger partial charge in [0.05, 0.1) is 5.41 Å². The summed E-state index contributed by atoms with van der Waals surface area (Å²) in [6, 6.07) is 0.727. The summed E-state index contributed by atoms with van der Waals surface area (Å²) in [6.45, 7) is 2.21. The minimum atomic E-state index is -0.274. The highest BCUT2D eigenvalue weighted by Crippen LogP contribution is 2.35. The lowest BCUT2D eigenvalue weighted by Gasteiger charge is -2.35. The van der Waals surface area contributed by atoms with E-state index in [9.17, 15) is 4.79 Å². The number of rotatable bonds is 6. The zero-order chi connectivity index (χ0) is 14.4. The van der Waals surface area contributed by atoms with Crippen LogP contribution >= 0.6 is 0 Å². The zero-order valence-corrected chi connectivity index (χ0v) is 13.0. The van der Waals surface area contributed by atoms with Gasteiger partial charge in [-0.3, -0.25) is 4.79 Å². The highest BCUT2D eigenvalue weighted by atomic mass is 16.2. The van der Waals surface area contributed by atoms with Crippen LogP contribution in [0.2, 0.25) is 0 Å². The molecule has 2 fully saturated rings. The van der Waals surface area contributed by atoms with Crippen LogP contribution in [0.5, 0.6) is 0 Å². The van der Waals surface area contributed by atoms with Crippen LogP contribution in [0.1, 0.15) is 57.8 Å². The Morgan fingerprint density at radius 3 is 2.45 bits per heavy atom. The second-order valence-electron chi connectivity index (χ2n) is 6.72. The maximum atomic E-state index is 12.4. The van der Waals surface area contributed by atoms with E-state index >= 15 is 0 Å². The first-order chi connectivity index (χ1) is 9.68. The van der Waals surface area contributed by atoms with E-state index in [1.165, 1.54) is 32.1 Å². The van der Waals surface area contributed by atoms with Crippen LogP contribution in [-0.2, 0) is 4.79 Å². The summed E-state index contributed by atoms with van der Waals surface area (Å²) in [6.07, 6.45) is 10.8. The molecule has 2 saturated carbocycles. The van der Waals surface area contributed by atoms with Crippen LogP contribution < -0.4 is 11.1 Å². The SMILES string of the molecule is CN(CCNC(=O)C1(CN)CCCCC1)C1CCCC1. The van der Waals surface area contributed by atoms with Gasteiger partial charge in [0.1, 0.15) is 0 Å². The molecule has 0 aliphatic heterocycles. The normalized spacial score (nSPS) is 23.1. The minimum absolute atomic E-state index is 0.194. The van der Waals surface area contributed by atoms with Gasteiger partial charge in [0, 0.05) is 25.7 Å². The van der Waals surface area contributed by atoms with Crippen molar-refractivity contribution < 1.29 is 4.79 Å². The van der Waals surface area contributed by atoms with Crippen molar-refractivity contribution in [3.63, 3.8) is 0 Å². The summed E-state index contributed by atoms with van der Waals surface area (Å²) in [5.41, 5.74) is 5.63. The van der Waals surface area contributed by atoms with Gasteiger partial charge in [-0.25, -0.2) is 0 Å². The van der Waals surface area contributed by atoms with Gasteiger partial charge < -0.3 is 16.0 Å². The first-order valence-corrected chi connectivity index (χ1v) is 8.36. The summed E-state index contributed by atoms with van der Waals surface area (Å²) >= 11 is 0. The molecule has 20 heavy (non-hydrogen) atoms. The fourth-order valence-corrected chi connectivity index (χ4v) is 3.81. The smallest absolute Gasteiger partial charge is 0.227 e. The van der Waals surface area contributed by atoms with Gasteiger partial charge in [-0.1, -0.05) is 32.1 Å². The molecule has 0 spiro atoms. The van der Waals surface area contributed by atoms with Crippen LogP contribution in [0.4, 0.5) is 0 Å². The number of nitrogens with two attached hydrogens (primary N) is 1. The van der Waals surface area contributed by atoms with Gasteiger partial charge in [-0.2, -0.15) is 0 Å². The van der Waals surface area contributed by atoms with E-state index in [4.69, 9.17) is 5.73 Å². The van der Waals surface area contributed by atoms with Gasteiger partial charge >= 0.3 is 0 Å². The van der Waals surface area contributed by atoms with Crippen molar-refractivity contribution in [2.45, 2.75) is 63.8 Å². The fraction of sp³-hybridized carbons (Fsp3) is 0.938. The molecular formula is C16H31N3O. The molecule has 4 nitrogen and oxygen atoms in total. The maximum Gasteiger partial charge on any atom is 0.227 e. The molecule has 2 aliphatic rings. The van der Waals surface area contributed by atoms with E-state index in [2.05, 4.69) is 17.3 Å². The topological polar surface area (TPSA) is 58.4 Å². The van der Waals surface area contributed by atoms with Crippen molar-refractivity contribution >= 4 is 5.91 Å². The minimum Gasteiger partial charge on any atom is -0.354 e. The van der Waals surface area contributed by atoms with Crippen molar-refractivity contribution in [1.82, 2.24) is 10.2 Å². The zero-order valence-electron chi connectivity index (χ0n) is 13.0. The van der Waals surface area contributed by atoms with Gasteiger partial charge in [0.25, 0.3) is 0 Å². The third-order valence-electron chi connectivity index (χ3n) is 5.38. The van der Waals surface area contributed by atoms with E-state index in [1.807, 2.05) is 0 Å². The monoisotopic (exact) mass is 281 g/mol. The number of nitrogens with one attached hydrogen (secondary N) is 1. The van der Waals surface area contributed by atoms with Crippen LogP contribution in [0, 0.1) is 5.41 Å². The fourth-order valence-electron chi connectivity index (χ4n) is 3.81. The third kappa shape index (κ3) is 3.73. The second-order valence-corrected chi connectivity index (χ2v) is 6.72. The first-order valence-electron chi connectivity index (χ1n) is 8.36. The molecule has 0 unspecified atom stereocenters. The van der Waals surface area contributed by atoms with Gasteiger partial charge in [-0.05, 0) is 32.7 Å². The van der Waals surface area contributed by atoms with E-state index in [1.54, 1.807) is 0 Å². The van der Waals surface area contributed by atoms with Gasteiger partial charge in [0.15, 0.2) is 0 Å². The van der Waals surface area contributed by atoms with E-state index in [0.717, 1.165) is 44.8 Å². The number of hydrogen-bond donors (Lipinski definition) is 2. The molecule has 2 rings (SSSR count). The second kappa shape index (κ2) is 7.41. The average Bonchev–Trinajstić information content (AvgIpc) is 3.02. The molecule has 0 radical (unpaired) electrons. The Labute approximate surface area is 123 Å². The Morgan fingerprint density at radius 1 is 1.20 bits per heavy atom. The number of amides is 1. The van der Waals surface area contributed by atoms with Crippen molar-refractivity contribution in [3.05, 3.63) is 0 Å². The highest BCUT2D eigenvalue weighted by Gasteiger charge is 2.37. The molecule has 0 bridgehead atoms. The predicted octanol–water partition coefficient (Wildman–Crippen LogP) is 1.89. The lowest BCUT2D eigenvalue weighted by atomic mass is 9.73. The lowest BCUT2D eigenvalue weighted by Crippen LogP contribution is -2.49. The number of likely N-dealkylation sites (N-methyl/N-ethyl adjacent to an activating group) is 1. The highest BCUT2D eigenvalue weighted by molar-refractivity contribution is 5.83. The summed E-state index contributed by atoms with van der Waals surface area (Å²) in [4.78, 5) is 14.9. The molecular weight excluding hydrogens is 250 g/mol. The molecule has 0 saturated heterocycles. The summed E-state index contributed by atoms with van der Waals surface area (Å²) < 4.78 is 0. The average molecular weight is 281 g/mol. The molecule has 2 aliphatic carbocycles. The summed E-state index contributed by atoms with van der Waals surface area (Å²) in [5.74, 6) is 0.194. The lowest BCUT2D eigenvalue weighted by molar-refractivity contribution is -0.132. The van der Waals surface area contributed by atoms with Crippen LogP contribution in [-0.4, -0.2) is 43.5 Å². The third-order valence-corrected chi connectivity index (χ3v) is 5.38. The molecule has 1 amide bonds. The van der Waals surface area contributed by atoms with Crippen molar-refractivity contribution in [2.75, 3.05) is 26.7 Å². The standard InChI is InChI=1S/C16H31N3O/c1-19(14-7-3-4-8-14)12-11-18-15(20)16(13-17)9-5-2-6-10-16/h14H,2-13,17H2,1H3,(H,18,20). The predicted molar refractivity (Wildman–Crippen MR) is 82.5 cm³/mol. The number of hydrogen-bond acceptors (Lipinski definition) is 3. The summed E-state index contributed by atoms with van der Waals surface area (Å²) in [5, 5.41) is 3.14. The Kier molecular flexibility index (Phi) is 5.85. The van der Waals surface area contributed by atoms with Gasteiger partial charge in [-0.15, -0.1) is 0 Å². The largest absolute Gasteiger partial charge is 0.354 e. The Morgan fingerprint density at radius 2 is 1.85 bits per heavy atom. The van der Waals surface area contributed by atoms with Crippen molar-refractivity contribution in [2.24, 2.45) is 11.1 Å². The molecule has 0 atom stereocenters. The molecule has 0 aromatic heterocycles. The molecule has 0 aromatic rings. The maximum absolute atomic E-state index is 12.4. The number of nitrogens with zero attached hydrogens (tertiary/aromatic N) is 1. The van der Waals surface area contributed by atoms with Crippen LogP contribution in [0.25, 0.3) is 0 Å². The quantitative estimate of drug-likeness (QED) is 0.781. The first kappa shape index (κ1) is 15.8. The van der Waals surface area contributed by atoms with Gasteiger partial charge in [0.2, 0.25) is 5.91 Å². The molecule has 4 heteroatoms. The Bertz CT molecular complexity index is 307.